The largest absolute Gasteiger partial charge is 0.408 e. The van der Waals surface area contributed by atoms with E-state index < -0.39 is 0 Å². The quantitative estimate of drug-likeness (QED) is 0.802. The molecule has 3 rings (SSSR count). The lowest BCUT2D eigenvalue weighted by molar-refractivity contribution is -0.115. The van der Waals surface area contributed by atoms with E-state index in [9.17, 15) is 4.79 Å². The number of nitrogens with one attached hydrogen (secondary N) is 1. The smallest absolute Gasteiger partial charge is 0.322 e. The van der Waals surface area contributed by atoms with E-state index in [-0.39, 0.29) is 11.9 Å². The second-order valence-corrected chi connectivity index (χ2v) is 6.91. The van der Waals surface area contributed by atoms with Crippen LogP contribution in [0.1, 0.15) is 50.3 Å². The van der Waals surface area contributed by atoms with Crippen molar-refractivity contribution in [3.63, 3.8) is 0 Å². The third-order valence-electron chi connectivity index (χ3n) is 3.98. The van der Waals surface area contributed by atoms with Crippen LogP contribution in [0.3, 0.4) is 0 Å². The predicted octanol–water partition coefficient (Wildman–Crippen LogP) is 4.24. The average Bonchev–Trinajstić information content (AvgIpc) is 3.05. The normalized spacial score (nSPS) is 15.5. The second-order valence-electron chi connectivity index (χ2n) is 5.74. The van der Waals surface area contributed by atoms with Crippen molar-refractivity contribution >= 4 is 23.7 Å². The van der Waals surface area contributed by atoms with Gasteiger partial charge in [0, 0.05) is 23.0 Å². The standard InChI is InChI=1S/C17H21N3O2S/c21-15(11-12-23-14-9-5-2-6-10-14)18-17-20-19-16(22-17)13-7-3-1-4-8-13/h2,5-6,9-10,13H,1,3-4,7-8,11-12H2,(H,18,20,21). The van der Waals surface area contributed by atoms with Crippen LogP contribution in [-0.4, -0.2) is 21.9 Å². The molecule has 1 saturated carbocycles. The van der Waals surface area contributed by atoms with Crippen molar-refractivity contribution in [2.75, 3.05) is 11.1 Å². The number of rotatable bonds is 6. The minimum absolute atomic E-state index is 0.0905. The molecule has 0 saturated heterocycles. The van der Waals surface area contributed by atoms with Crippen LogP contribution in [0, 0.1) is 0 Å². The molecule has 0 unspecified atom stereocenters. The molecule has 5 nitrogen and oxygen atoms in total. The summed E-state index contributed by atoms with van der Waals surface area (Å²) in [5.41, 5.74) is 0. The molecule has 1 aliphatic carbocycles. The lowest BCUT2D eigenvalue weighted by Gasteiger charge is -2.17. The Hall–Kier alpha value is -1.82. The summed E-state index contributed by atoms with van der Waals surface area (Å²) in [7, 11) is 0. The van der Waals surface area contributed by atoms with Crippen LogP contribution < -0.4 is 5.32 Å². The van der Waals surface area contributed by atoms with E-state index in [0.717, 1.165) is 23.5 Å². The van der Waals surface area contributed by atoms with Crippen LogP contribution in [0.25, 0.3) is 0 Å². The summed E-state index contributed by atoms with van der Waals surface area (Å²) < 4.78 is 5.60. The molecule has 6 heteroatoms. The van der Waals surface area contributed by atoms with Gasteiger partial charge in [-0.05, 0) is 25.0 Å². The third-order valence-corrected chi connectivity index (χ3v) is 5.00. The summed E-state index contributed by atoms with van der Waals surface area (Å²) in [6, 6.07) is 10.3. The highest BCUT2D eigenvalue weighted by Crippen LogP contribution is 2.32. The van der Waals surface area contributed by atoms with Gasteiger partial charge in [0.15, 0.2) is 0 Å². The number of amides is 1. The lowest BCUT2D eigenvalue weighted by Crippen LogP contribution is -2.12. The van der Waals surface area contributed by atoms with Crippen LogP contribution in [0.2, 0.25) is 0 Å². The van der Waals surface area contributed by atoms with Crippen LogP contribution in [0.4, 0.5) is 6.01 Å². The zero-order valence-corrected chi connectivity index (χ0v) is 13.8. The molecule has 1 heterocycles. The number of thioether (sulfide) groups is 1. The molecule has 0 bridgehead atoms. The molecule has 0 spiro atoms. The van der Waals surface area contributed by atoms with Gasteiger partial charge in [-0.25, -0.2) is 0 Å². The highest BCUT2D eigenvalue weighted by Gasteiger charge is 2.21. The molecular formula is C17H21N3O2S. The maximum Gasteiger partial charge on any atom is 0.322 e. The number of carbonyl (C=O) groups excluding carboxylic acids is 1. The lowest BCUT2D eigenvalue weighted by atomic mass is 9.89. The van der Waals surface area contributed by atoms with Gasteiger partial charge in [0.1, 0.15) is 0 Å². The van der Waals surface area contributed by atoms with Crippen molar-refractivity contribution in [2.24, 2.45) is 0 Å². The molecule has 23 heavy (non-hydrogen) atoms. The van der Waals surface area contributed by atoms with Gasteiger partial charge < -0.3 is 4.42 Å². The highest BCUT2D eigenvalue weighted by atomic mass is 32.2. The minimum atomic E-state index is -0.0905. The fourth-order valence-electron chi connectivity index (χ4n) is 2.76. The van der Waals surface area contributed by atoms with Crippen molar-refractivity contribution in [3.05, 3.63) is 36.2 Å². The van der Waals surface area contributed by atoms with E-state index in [1.54, 1.807) is 11.8 Å². The SMILES string of the molecule is O=C(CCSc1ccccc1)Nc1nnc(C2CCCCC2)o1. The minimum Gasteiger partial charge on any atom is -0.408 e. The molecule has 1 amide bonds. The van der Waals surface area contributed by atoms with Crippen LogP contribution in [0.5, 0.6) is 0 Å². The van der Waals surface area contributed by atoms with E-state index >= 15 is 0 Å². The molecule has 1 aromatic heterocycles. The molecule has 1 N–H and O–H groups in total. The van der Waals surface area contributed by atoms with E-state index in [1.807, 2.05) is 30.3 Å². The first-order valence-corrected chi connectivity index (χ1v) is 9.11. The van der Waals surface area contributed by atoms with Crippen molar-refractivity contribution in [1.82, 2.24) is 10.2 Å². The first-order valence-electron chi connectivity index (χ1n) is 8.12. The second kappa shape index (κ2) is 8.15. The van der Waals surface area contributed by atoms with E-state index in [2.05, 4.69) is 15.5 Å². The molecule has 0 radical (unpaired) electrons. The topological polar surface area (TPSA) is 68.0 Å². The van der Waals surface area contributed by atoms with Crippen LogP contribution >= 0.6 is 11.8 Å². The monoisotopic (exact) mass is 331 g/mol. The van der Waals surface area contributed by atoms with Crippen LogP contribution in [0.15, 0.2) is 39.6 Å². The Labute approximate surface area is 140 Å². The predicted molar refractivity (Wildman–Crippen MR) is 90.5 cm³/mol. The van der Waals surface area contributed by atoms with Gasteiger partial charge in [-0.2, -0.15) is 0 Å². The van der Waals surface area contributed by atoms with Gasteiger partial charge in [-0.1, -0.05) is 42.6 Å². The van der Waals surface area contributed by atoms with Gasteiger partial charge in [0.25, 0.3) is 0 Å². The average molecular weight is 331 g/mol. The summed E-state index contributed by atoms with van der Waals surface area (Å²) in [6.45, 7) is 0. The third kappa shape index (κ3) is 4.82. The maximum atomic E-state index is 11.9. The Balaban J connectivity index is 1.43. The van der Waals surface area contributed by atoms with E-state index in [1.165, 1.54) is 19.3 Å². The molecule has 2 aromatic rings. The fourth-order valence-corrected chi connectivity index (χ4v) is 3.63. The summed E-state index contributed by atoms with van der Waals surface area (Å²) in [6.07, 6.45) is 6.33. The first kappa shape index (κ1) is 16.1. The number of carbonyl (C=O) groups is 1. The zero-order chi connectivity index (χ0) is 15.9. The first-order chi connectivity index (χ1) is 11.3. The van der Waals surface area contributed by atoms with Gasteiger partial charge in [-0.3, -0.25) is 10.1 Å². The Morgan fingerprint density at radius 3 is 2.74 bits per heavy atom. The maximum absolute atomic E-state index is 11.9. The summed E-state index contributed by atoms with van der Waals surface area (Å²) in [4.78, 5) is 13.1. The molecule has 122 valence electrons. The molecule has 1 fully saturated rings. The number of anilines is 1. The summed E-state index contributed by atoms with van der Waals surface area (Å²) in [5.74, 6) is 1.65. The number of nitrogens with zero attached hydrogens (tertiary/aromatic N) is 2. The molecule has 1 aromatic carbocycles. The Morgan fingerprint density at radius 1 is 1.17 bits per heavy atom. The Morgan fingerprint density at radius 2 is 1.96 bits per heavy atom. The van der Waals surface area contributed by atoms with Gasteiger partial charge in [-0.15, -0.1) is 16.9 Å². The molecule has 1 aliphatic rings. The highest BCUT2D eigenvalue weighted by molar-refractivity contribution is 7.99. The van der Waals surface area contributed by atoms with Crippen molar-refractivity contribution in [2.45, 2.75) is 49.3 Å². The Kier molecular flexibility index (Phi) is 5.69. The van der Waals surface area contributed by atoms with Crippen molar-refractivity contribution in [1.29, 1.82) is 0 Å². The number of benzene rings is 1. The van der Waals surface area contributed by atoms with Crippen molar-refractivity contribution in [3.8, 4) is 0 Å². The fraction of sp³-hybridized carbons (Fsp3) is 0.471. The molecule has 0 aliphatic heterocycles. The van der Waals surface area contributed by atoms with Gasteiger partial charge >= 0.3 is 6.01 Å². The van der Waals surface area contributed by atoms with Crippen molar-refractivity contribution < 1.29 is 9.21 Å². The van der Waals surface area contributed by atoms with Gasteiger partial charge in [0.05, 0.1) is 0 Å². The summed E-state index contributed by atoms with van der Waals surface area (Å²) in [5, 5.41) is 10.7. The van der Waals surface area contributed by atoms with E-state index in [4.69, 9.17) is 4.42 Å². The van der Waals surface area contributed by atoms with Crippen LogP contribution in [-0.2, 0) is 4.79 Å². The van der Waals surface area contributed by atoms with Gasteiger partial charge in [0.2, 0.25) is 11.8 Å². The van der Waals surface area contributed by atoms with E-state index in [0.29, 0.717) is 18.2 Å². The number of hydrogen-bond donors (Lipinski definition) is 1. The number of aromatic nitrogens is 2. The zero-order valence-electron chi connectivity index (χ0n) is 13.0. The molecular weight excluding hydrogens is 310 g/mol. The Bertz CT molecular complexity index is 624. The summed E-state index contributed by atoms with van der Waals surface area (Å²) >= 11 is 1.66. The number of hydrogen-bond acceptors (Lipinski definition) is 5. The molecule has 0 atom stereocenters.